The molecule has 2 aromatic carbocycles. The zero-order valence-corrected chi connectivity index (χ0v) is 33.0. The van der Waals surface area contributed by atoms with E-state index in [1.165, 1.54) is 11.4 Å². The number of aliphatic carboxylic acids is 2. The number of hydrogen-bond acceptors (Lipinski definition) is 12. The lowest BCUT2D eigenvalue weighted by Gasteiger charge is -2.38. The first-order valence-corrected chi connectivity index (χ1v) is 18.7. The number of carboxylic acids is 2. The monoisotopic (exact) mass is 768 g/mol. The third kappa shape index (κ3) is 11.4. The van der Waals surface area contributed by atoms with Gasteiger partial charge >= 0.3 is 23.9 Å². The highest BCUT2D eigenvalue weighted by atomic mass is 16.5. The number of ether oxygens (including phenoxy) is 2. The van der Waals surface area contributed by atoms with Gasteiger partial charge in [-0.05, 0) is 77.9 Å². The second kappa shape index (κ2) is 20.5. The molecule has 4 heterocycles. The number of aromatic nitrogens is 2. The van der Waals surface area contributed by atoms with Gasteiger partial charge in [0.2, 0.25) is 0 Å². The molecule has 2 aliphatic rings. The van der Waals surface area contributed by atoms with Gasteiger partial charge < -0.3 is 39.3 Å². The summed E-state index contributed by atoms with van der Waals surface area (Å²) in [5.41, 5.74) is 8.88. The molecule has 56 heavy (non-hydrogen) atoms. The number of nitrogens with zero attached hydrogens (tertiary/aromatic N) is 6. The summed E-state index contributed by atoms with van der Waals surface area (Å²) in [5, 5.41) is 14.8. The van der Waals surface area contributed by atoms with Crippen LogP contribution in [0.15, 0.2) is 72.8 Å². The van der Waals surface area contributed by atoms with Crippen molar-refractivity contribution < 1.29 is 38.9 Å². The molecule has 2 N–H and O–H groups in total. The average Bonchev–Trinajstić information content (AvgIpc) is 3.18. The SMILES string of the molecule is CCOC(=O)c1c(N2CCN(c3ccccc3)CC2)cc(C)nc1C.CCOC(=O)c1c(N2CCN(c3ccccc3)CC2)cc(C)nc1C.O=C(O)C(=O)O. The molecule has 0 saturated carbocycles. The maximum atomic E-state index is 12.4. The lowest BCUT2D eigenvalue weighted by atomic mass is 10.1. The van der Waals surface area contributed by atoms with Gasteiger partial charge in [-0.2, -0.15) is 0 Å². The lowest BCUT2D eigenvalue weighted by molar-refractivity contribution is -0.159. The molecule has 0 unspecified atom stereocenters. The van der Waals surface area contributed by atoms with E-state index in [2.05, 4.69) is 78.1 Å². The molecule has 0 bridgehead atoms. The summed E-state index contributed by atoms with van der Waals surface area (Å²) >= 11 is 0. The molecule has 0 atom stereocenters. The van der Waals surface area contributed by atoms with Gasteiger partial charge in [-0.1, -0.05) is 36.4 Å². The summed E-state index contributed by atoms with van der Waals surface area (Å²) in [7, 11) is 0. The number of rotatable bonds is 8. The number of aryl methyl sites for hydroxylation is 4. The van der Waals surface area contributed by atoms with E-state index >= 15 is 0 Å². The number of hydrogen-bond donors (Lipinski definition) is 2. The molecule has 4 aromatic rings. The van der Waals surface area contributed by atoms with Crippen molar-refractivity contribution in [1.82, 2.24) is 9.97 Å². The lowest BCUT2D eigenvalue weighted by Crippen LogP contribution is -2.47. The van der Waals surface area contributed by atoms with Crippen LogP contribution in [0.25, 0.3) is 0 Å². The van der Waals surface area contributed by atoms with Crippen molar-refractivity contribution in [2.24, 2.45) is 0 Å². The molecular weight excluding hydrogens is 716 g/mol. The zero-order valence-electron chi connectivity index (χ0n) is 33.0. The van der Waals surface area contributed by atoms with Gasteiger partial charge in [0.1, 0.15) is 11.1 Å². The van der Waals surface area contributed by atoms with Crippen molar-refractivity contribution in [3.05, 3.63) is 107 Å². The molecule has 6 rings (SSSR count). The smallest absolute Gasteiger partial charge is 0.414 e. The van der Waals surface area contributed by atoms with Crippen molar-refractivity contribution >= 4 is 46.6 Å². The van der Waals surface area contributed by atoms with Gasteiger partial charge in [-0.3, -0.25) is 9.97 Å². The molecule has 14 nitrogen and oxygen atoms in total. The molecule has 2 aliphatic heterocycles. The van der Waals surface area contributed by atoms with Crippen molar-refractivity contribution in [2.75, 3.05) is 85.2 Å². The Morgan fingerprint density at radius 3 is 1.12 bits per heavy atom. The van der Waals surface area contributed by atoms with Crippen LogP contribution in [0.2, 0.25) is 0 Å². The van der Waals surface area contributed by atoms with Gasteiger partial charge in [0.25, 0.3) is 0 Å². The minimum absolute atomic E-state index is 0.284. The van der Waals surface area contributed by atoms with E-state index in [1.54, 1.807) is 0 Å². The number of para-hydroxylation sites is 2. The fourth-order valence-electron chi connectivity index (χ4n) is 6.71. The zero-order chi connectivity index (χ0) is 40.8. The summed E-state index contributed by atoms with van der Waals surface area (Å²) in [4.78, 5) is 61.3. The Kier molecular flexibility index (Phi) is 15.6. The van der Waals surface area contributed by atoms with E-state index in [9.17, 15) is 9.59 Å². The number of carbonyl (C=O) groups is 4. The molecule has 0 spiro atoms. The van der Waals surface area contributed by atoms with Crippen LogP contribution in [0.1, 0.15) is 57.3 Å². The number of carbonyl (C=O) groups excluding carboxylic acids is 2. The second-order valence-corrected chi connectivity index (χ2v) is 13.2. The Morgan fingerprint density at radius 1 is 0.536 bits per heavy atom. The Hall–Kier alpha value is -6.18. The fraction of sp³-hybridized carbons (Fsp3) is 0.381. The summed E-state index contributed by atoms with van der Waals surface area (Å²) in [6, 6.07) is 24.9. The molecule has 2 fully saturated rings. The van der Waals surface area contributed by atoms with Gasteiger partial charge in [-0.15, -0.1) is 0 Å². The number of benzene rings is 2. The predicted octanol–water partition coefficient (Wildman–Crippen LogP) is 5.56. The third-order valence-corrected chi connectivity index (χ3v) is 9.24. The average molecular weight is 769 g/mol. The van der Waals surface area contributed by atoms with E-state index < -0.39 is 11.9 Å². The third-order valence-electron chi connectivity index (χ3n) is 9.24. The molecule has 0 amide bonds. The van der Waals surface area contributed by atoms with Crippen LogP contribution in [0.3, 0.4) is 0 Å². The number of pyridine rings is 2. The maximum absolute atomic E-state index is 12.4. The summed E-state index contributed by atoms with van der Waals surface area (Å²) < 4.78 is 10.5. The summed E-state index contributed by atoms with van der Waals surface area (Å²) in [5.74, 6) is -4.22. The number of piperazine rings is 2. The van der Waals surface area contributed by atoms with Gasteiger partial charge in [0.05, 0.1) is 36.0 Å². The molecule has 2 aromatic heterocycles. The van der Waals surface area contributed by atoms with Gasteiger partial charge in [-0.25, -0.2) is 19.2 Å². The Labute approximate surface area is 328 Å². The number of esters is 2. The second-order valence-electron chi connectivity index (χ2n) is 13.2. The Bertz CT molecular complexity index is 1800. The van der Waals surface area contributed by atoms with E-state index in [4.69, 9.17) is 29.3 Å². The molecule has 2 saturated heterocycles. The van der Waals surface area contributed by atoms with E-state index in [0.717, 1.165) is 86.5 Å². The first-order valence-electron chi connectivity index (χ1n) is 18.7. The molecule has 0 aliphatic carbocycles. The van der Waals surface area contributed by atoms with E-state index in [1.807, 2.05) is 65.8 Å². The minimum atomic E-state index is -1.82. The van der Waals surface area contributed by atoms with Crippen molar-refractivity contribution in [1.29, 1.82) is 0 Å². The first-order chi connectivity index (χ1) is 26.8. The topological polar surface area (TPSA) is 166 Å². The molecule has 0 radical (unpaired) electrons. The van der Waals surface area contributed by atoms with Crippen LogP contribution >= 0.6 is 0 Å². The number of anilines is 4. The standard InChI is InChI=1S/2C20H25N3O2.C2H2O4/c2*1-4-25-20(24)19-16(3)21-15(2)14-18(19)23-12-10-22(11-13-23)17-8-6-5-7-9-17;3-1(4)2(5)6/h2*5-9,14H,4,10-13H2,1-3H3;(H,3,4)(H,5,6). The first kappa shape index (κ1) is 42.6. The van der Waals surface area contributed by atoms with Gasteiger partial charge in [0.15, 0.2) is 0 Å². The quantitative estimate of drug-likeness (QED) is 0.169. The highest BCUT2D eigenvalue weighted by Gasteiger charge is 2.26. The van der Waals surface area contributed by atoms with Crippen LogP contribution in [-0.4, -0.2) is 110 Å². The predicted molar refractivity (Wildman–Crippen MR) is 216 cm³/mol. The largest absolute Gasteiger partial charge is 0.473 e. The van der Waals surface area contributed by atoms with Crippen molar-refractivity contribution in [2.45, 2.75) is 41.5 Å². The van der Waals surface area contributed by atoms with Crippen molar-refractivity contribution in [3.63, 3.8) is 0 Å². The van der Waals surface area contributed by atoms with Crippen LogP contribution in [0.5, 0.6) is 0 Å². The van der Waals surface area contributed by atoms with Gasteiger partial charge in [0, 0.05) is 75.1 Å². The van der Waals surface area contributed by atoms with Crippen LogP contribution < -0.4 is 19.6 Å². The minimum Gasteiger partial charge on any atom is -0.473 e. The van der Waals surface area contributed by atoms with Crippen LogP contribution in [-0.2, 0) is 19.1 Å². The Morgan fingerprint density at radius 2 is 0.839 bits per heavy atom. The summed E-state index contributed by atoms with van der Waals surface area (Å²) in [6.45, 7) is 19.2. The highest BCUT2D eigenvalue weighted by Crippen LogP contribution is 2.29. The van der Waals surface area contributed by atoms with Crippen LogP contribution in [0.4, 0.5) is 22.7 Å². The molecule has 14 heteroatoms. The maximum Gasteiger partial charge on any atom is 0.414 e. The van der Waals surface area contributed by atoms with E-state index in [-0.39, 0.29) is 11.9 Å². The van der Waals surface area contributed by atoms with Crippen LogP contribution in [0, 0.1) is 27.7 Å². The number of carboxylic acid groups (broad SMARTS) is 2. The van der Waals surface area contributed by atoms with Crippen molar-refractivity contribution in [3.8, 4) is 0 Å². The Balaban J connectivity index is 0.000000217. The summed E-state index contributed by atoms with van der Waals surface area (Å²) in [6.07, 6.45) is 0. The van der Waals surface area contributed by atoms with E-state index in [0.29, 0.717) is 24.3 Å². The normalized spacial score (nSPS) is 13.8. The molecular formula is C42H52N6O8. The fourth-order valence-corrected chi connectivity index (χ4v) is 6.71. The highest BCUT2D eigenvalue weighted by molar-refractivity contribution is 6.27. The molecule has 298 valence electrons.